The summed E-state index contributed by atoms with van der Waals surface area (Å²) in [6.07, 6.45) is 5.06. The lowest BCUT2D eigenvalue weighted by Crippen LogP contribution is -2.31. The van der Waals surface area contributed by atoms with Crippen molar-refractivity contribution in [3.8, 4) is 0 Å². The SMILES string of the molecule is OCc1c(Cl)ncnc1N1CCCCC1. The maximum atomic E-state index is 9.24. The van der Waals surface area contributed by atoms with Crippen LogP contribution in [0.5, 0.6) is 0 Å². The van der Waals surface area contributed by atoms with E-state index in [4.69, 9.17) is 11.6 Å². The first-order valence-electron chi connectivity index (χ1n) is 5.18. The summed E-state index contributed by atoms with van der Waals surface area (Å²) in [6.45, 7) is 1.87. The standard InChI is InChI=1S/C10H14ClN3O/c11-9-8(6-15)10(13-7-12-9)14-4-2-1-3-5-14/h7,15H,1-6H2. The number of piperidine rings is 1. The Bertz CT molecular complexity index is 339. The third-order valence-corrected chi connectivity index (χ3v) is 3.01. The van der Waals surface area contributed by atoms with Gasteiger partial charge in [-0.05, 0) is 19.3 Å². The Balaban J connectivity index is 2.29. The topological polar surface area (TPSA) is 49.3 Å². The number of anilines is 1. The molecule has 0 spiro atoms. The highest BCUT2D eigenvalue weighted by Crippen LogP contribution is 2.25. The van der Waals surface area contributed by atoms with Gasteiger partial charge in [-0.1, -0.05) is 11.6 Å². The summed E-state index contributed by atoms with van der Waals surface area (Å²) in [7, 11) is 0. The van der Waals surface area contributed by atoms with E-state index in [1.807, 2.05) is 0 Å². The molecule has 1 aliphatic heterocycles. The van der Waals surface area contributed by atoms with Crippen molar-refractivity contribution >= 4 is 17.4 Å². The smallest absolute Gasteiger partial charge is 0.140 e. The molecule has 4 nitrogen and oxygen atoms in total. The first-order valence-corrected chi connectivity index (χ1v) is 5.56. The molecule has 1 saturated heterocycles. The normalized spacial score (nSPS) is 16.8. The lowest BCUT2D eigenvalue weighted by atomic mass is 10.1. The summed E-state index contributed by atoms with van der Waals surface area (Å²) in [5, 5.41) is 9.59. The number of hydrogen-bond donors (Lipinski definition) is 1. The van der Waals surface area contributed by atoms with Gasteiger partial charge in [0.1, 0.15) is 17.3 Å². The summed E-state index contributed by atoms with van der Waals surface area (Å²) >= 11 is 5.91. The van der Waals surface area contributed by atoms with Crippen molar-refractivity contribution in [3.05, 3.63) is 17.0 Å². The Morgan fingerprint density at radius 3 is 2.67 bits per heavy atom. The van der Waals surface area contributed by atoms with E-state index in [0.717, 1.165) is 18.9 Å². The van der Waals surface area contributed by atoms with E-state index in [0.29, 0.717) is 10.7 Å². The zero-order valence-corrected chi connectivity index (χ0v) is 9.24. The van der Waals surface area contributed by atoms with Gasteiger partial charge in [-0.15, -0.1) is 0 Å². The zero-order valence-electron chi connectivity index (χ0n) is 8.49. The maximum Gasteiger partial charge on any atom is 0.140 e. The highest BCUT2D eigenvalue weighted by Gasteiger charge is 2.17. The Labute approximate surface area is 93.9 Å². The highest BCUT2D eigenvalue weighted by atomic mass is 35.5. The predicted molar refractivity (Wildman–Crippen MR) is 59.0 cm³/mol. The molecule has 0 bridgehead atoms. The monoisotopic (exact) mass is 227 g/mol. The van der Waals surface area contributed by atoms with Gasteiger partial charge < -0.3 is 10.0 Å². The Morgan fingerprint density at radius 2 is 2.00 bits per heavy atom. The minimum atomic E-state index is -0.106. The molecule has 0 saturated carbocycles. The van der Waals surface area contributed by atoms with Crippen LogP contribution in [0.2, 0.25) is 5.15 Å². The van der Waals surface area contributed by atoms with E-state index in [1.54, 1.807) is 0 Å². The second-order valence-electron chi connectivity index (χ2n) is 3.67. The number of aromatic nitrogens is 2. The average molecular weight is 228 g/mol. The summed E-state index contributed by atoms with van der Waals surface area (Å²) in [6, 6.07) is 0. The molecule has 0 amide bonds. The summed E-state index contributed by atoms with van der Waals surface area (Å²) in [5.74, 6) is 0.789. The van der Waals surface area contributed by atoms with Gasteiger partial charge in [-0.25, -0.2) is 9.97 Å². The molecular formula is C10H14ClN3O. The van der Waals surface area contributed by atoms with Crippen molar-refractivity contribution in [1.29, 1.82) is 0 Å². The molecule has 15 heavy (non-hydrogen) atoms. The molecular weight excluding hydrogens is 214 g/mol. The summed E-state index contributed by atoms with van der Waals surface area (Å²) < 4.78 is 0. The van der Waals surface area contributed by atoms with Crippen LogP contribution in [-0.4, -0.2) is 28.2 Å². The van der Waals surface area contributed by atoms with Crippen LogP contribution in [0.1, 0.15) is 24.8 Å². The number of rotatable bonds is 2. The molecule has 1 aromatic rings. The fourth-order valence-electron chi connectivity index (χ4n) is 1.90. The van der Waals surface area contributed by atoms with Crippen molar-refractivity contribution in [1.82, 2.24) is 9.97 Å². The second-order valence-corrected chi connectivity index (χ2v) is 4.03. The molecule has 5 heteroatoms. The minimum Gasteiger partial charge on any atom is -0.391 e. The van der Waals surface area contributed by atoms with E-state index in [2.05, 4.69) is 14.9 Å². The minimum absolute atomic E-state index is 0.106. The number of hydrogen-bond acceptors (Lipinski definition) is 4. The highest BCUT2D eigenvalue weighted by molar-refractivity contribution is 6.30. The maximum absolute atomic E-state index is 9.24. The van der Waals surface area contributed by atoms with Crippen molar-refractivity contribution in [2.45, 2.75) is 25.9 Å². The zero-order chi connectivity index (χ0) is 10.7. The van der Waals surface area contributed by atoms with Crippen LogP contribution in [0.4, 0.5) is 5.82 Å². The molecule has 0 aromatic carbocycles. The average Bonchev–Trinajstić information content (AvgIpc) is 2.30. The molecule has 0 aliphatic carbocycles. The van der Waals surface area contributed by atoms with Crippen molar-refractivity contribution in [2.75, 3.05) is 18.0 Å². The van der Waals surface area contributed by atoms with Crippen LogP contribution in [0.25, 0.3) is 0 Å². The summed E-state index contributed by atoms with van der Waals surface area (Å²) in [5.41, 5.74) is 0.640. The van der Waals surface area contributed by atoms with Crippen molar-refractivity contribution in [3.63, 3.8) is 0 Å². The van der Waals surface area contributed by atoms with E-state index < -0.39 is 0 Å². The lowest BCUT2D eigenvalue weighted by Gasteiger charge is -2.29. The van der Waals surface area contributed by atoms with Crippen LogP contribution in [0.15, 0.2) is 6.33 Å². The predicted octanol–water partition coefficient (Wildman–Crippen LogP) is 1.61. The summed E-state index contributed by atoms with van der Waals surface area (Å²) in [4.78, 5) is 10.2. The third-order valence-electron chi connectivity index (χ3n) is 2.68. The number of halogens is 1. The van der Waals surface area contributed by atoms with Gasteiger partial charge in [0.15, 0.2) is 0 Å². The van der Waals surface area contributed by atoms with Gasteiger partial charge in [-0.3, -0.25) is 0 Å². The number of aliphatic hydroxyl groups is 1. The van der Waals surface area contributed by atoms with E-state index >= 15 is 0 Å². The number of aliphatic hydroxyl groups excluding tert-OH is 1. The third kappa shape index (κ3) is 2.21. The molecule has 0 atom stereocenters. The van der Waals surface area contributed by atoms with E-state index in [-0.39, 0.29) is 6.61 Å². The molecule has 2 rings (SSSR count). The fourth-order valence-corrected chi connectivity index (χ4v) is 2.08. The molecule has 2 heterocycles. The fraction of sp³-hybridized carbons (Fsp3) is 0.600. The van der Waals surface area contributed by atoms with Gasteiger partial charge >= 0.3 is 0 Å². The number of nitrogens with zero attached hydrogens (tertiary/aromatic N) is 3. The van der Waals surface area contributed by atoms with Gasteiger partial charge in [0.05, 0.1) is 12.2 Å². The van der Waals surface area contributed by atoms with Gasteiger partial charge in [0.2, 0.25) is 0 Å². The Morgan fingerprint density at radius 1 is 1.27 bits per heavy atom. The van der Waals surface area contributed by atoms with Crippen LogP contribution in [-0.2, 0) is 6.61 Å². The quantitative estimate of drug-likeness (QED) is 0.780. The van der Waals surface area contributed by atoms with Crippen LogP contribution >= 0.6 is 11.6 Å². The van der Waals surface area contributed by atoms with Crippen molar-refractivity contribution < 1.29 is 5.11 Å². The molecule has 1 N–H and O–H groups in total. The van der Waals surface area contributed by atoms with Crippen molar-refractivity contribution in [2.24, 2.45) is 0 Å². The molecule has 82 valence electrons. The molecule has 1 aliphatic rings. The molecule has 0 unspecified atom stereocenters. The van der Waals surface area contributed by atoms with E-state index in [9.17, 15) is 5.11 Å². The molecule has 0 radical (unpaired) electrons. The largest absolute Gasteiger partial charge is 0.391 e. The van der Waals surface area contributed by atoms with Gasteiger partial charge in [0, 0.05) is 13.1 Å². The first kappa shape index (κ1) is 10.6. The lowest BCUT2D eigenvalue weighted by molar-refractivity contribution is 0.281. The molecule has 1 fully saturated rings. The first-order chi connectivity index (χ1) is 7.33. The van der Waals surface area contributed by atoms with Gasteiger partial charge in [0.25, 0.3) is 0 Å². The molecule has 1 aromatic heterocycles. The Kier molecular flexibility index (Phi) is 3.38. The van der Waals surface area contributed by atoms with Crippen LogP contribution < -0.4 is 4.90 Å². The van der Waals surface area contributed by atoms with E-state index in [1.165, 1.54) is 25.6 Å². The van der Waals surface area contributed by atoms with Crippen LogP contribution in [0.3, 0.4) is 0 Å². The van der Waals surface area contributed by atoms with Gasteiger partial charge in [-0.2, -0.15) is 0 Å². The Hall–Kier alpha value is -0.870. The van der Waals surface area contributed by atoms with Crippen LogP contribution in [0, 0.1) is 0 Å². The second kappa shape index (κ2) is 4.77.